The third kappa shape index (κ3) is 5.11. The Morgan fingerprint density at radius 2 is 2.26 bits per heavy atom. The van der Waals surface area contributed by atoms with Gasteiger partial charge in [0, 0.05) is 30.1 Å². The highest BCUT2D eigenvalue weighted by Crippen LogP contribution is 2.23. The first kappa shape index (κ1) is 19.5. The van der Waals surface area contributed by atoms with Gasteiger partial charge < -0.3 is 14.0 Å². The van der Waals surface area contributed by atoms with E-state index in [0.29, 0.717) is 10.8 Å². The zero-order valence-corrected chi connectivity index (χ0v) is 16.3. The van der Waals surface area contributed by atoms with Gasteiger partial charge in [-0.25, -0.2) is 5.43 Å². The molecule has 0 unspecified atom stereocenters. The molecule has 1 aromatic carbocycles. The number of carbonyl (C=O) groups is 1. The van der Waals surface area contributed by atoms with Crippen molar-refractivity contribution in [2.24, 2.45) is 5.10 Å². The Balaban J connectivity index is 1.53. The second-order valence-electron chi connectivity index (χ2n) is 6.58. The molecule has 0 bridgehead atoms. The number of aromatic nitrogens is 1. The largest absolute Gasteiger partial charge is 0.482 e. The summed E-state index contributed by atoms with van der Waals surface area (Å²) in [6, 6.07) is 9.07. The standard InChI is InChI=1S/C20H24ClN3O3/c1-14-10-16(15(2)24(14)12-17-6-5-9-26-17)11-22-23-20(25)13-27-19-8-4-3-7-18(19)21/h3-4,7-8,10-11,17H,5-6,9,12-13H2,1-2H3,(H,23,25)/b22-11-/t17-/m1/s1. The molecular weight excluding hydrogens is 366 g/mol. The Kier molecular flexibility index (Phi) is 6.53. The van der Waals surface area contributed by atoms with Crippen molar-refractivity contribution in [1.82, 2.24) is 9.99 Å². The number of hydrazone groups is 1. The fourth-order valence-electron chi connectivity index (χ4n) is 3.14. The first-order chi connectivity index (χ1) is 13.0. The average Bonchev–Trinajstić information content (AvgIpc) is 3.25. The third-order valence-electron chi connectivity index (χ3n) is 4.61. The minimum Gasteiger partial charge on any atom is -0.482 e. The van der Waals surface area contributed by atoms with Crippen LogP contribution in [-0.4, -0.2) is 36.0 Å². The van der Waals surface area contributed by atoms with Gasteiger partial charge in [-0.2, -0.15) is 5.10 Å². The van der Waals surface area contributed by atoms with Crippen molar-refractivity contribution < 1.29 is 14.3 Å². The first-order valence-corrected chi connectivity index (χ1v) is 9.40. The van der Waals surface area contributed by atoms with E-state index in [-0.39, 0.29) is 18.6 Å². The number of nitrogens with one attached hydrogen (secondary N) is 1. The van der Waals surface area contributed by atoms with E-state index >= 15 is 0 Å². The van der Waals surface area contributed by atoms with Gasteiger partial charge in [0.2, 0.25) is 0 Å². The third-order valence-corrected chi connectivity index (χ3v) is 4.92. The second kappa shape index (κ2) is 9.06. The van der Waals surface area contributed by atoms with E-state index in [9.17, 15) is 4.79 Å². The van der Waals surface area contributed by atoms with Crippen LogP contribution in [0.3, 0.4) is 0 Å². The number of aryl methyl sites for hydroxylation is 1. The molecule has 0 radical (unpaired) electrons. The van der Waals surface area contributed by atoms with Crippen LogP contribution < -0.4 is 10.2 Å². The lowest BCUT2D eigenvalue weighted by Gasteiger charge is -2.14. The predicted molar refractivity (Wildman–Crippen MR) is 106 cm³/mol. The molecule has 1 fully saturated rings. The van der Waals surface area contributed by atoms with Gasteiger partial charge in [0.05, 0.1) is 17.3 Å². The molecule has 2 heterocycles. The van der Waals surface area contributed by atoms with Crippen LogP contribution in [-0.2, 0) is 16.1 Å². The Labute approximate surface area is 164 Å². The van der Waals surface area contributed by atoms with E-state index in [2.05, 4.69) is 28.1 Å². The van der Waals surface area contributed by atoms with Crippen molar-refractivity contribution in [3.8, 4) is 5.75 Å². The smallest absolute Gasteiger partial charge is 0.277 e. The molecular formula is C20H24ClN3O3. The maximum atomic E-state index is 11.9. The average molecular weight is 390 g/mol. The molecule has 2 aromatic rings. The van der Waals surface area contributed by atoms with Gasteiger partial charge in [0.15, 0.2) is 6.61 Å². The molecule has 1 atom stereocenters. The van der Waals surface area contributed by atoms with Gasteiger partial charge >= 0.3 is 0 Å². The molecule has 1 saturated heterocycles. The fourth-order valence-corrected chi connectivity index (χ4v) is 3.33. The first-order valence-electron chi connectivity index (χ1n) is 9.02. The van der Waals surface area contributed by atoms with Gasteiger partial charge in [-0.15, -0.1) is 0 Å². The summed E-state index contributed by atoms with van der Waals surface area (Å²) in [5.41, 5.74) is 5.70. The summed E-state index contributed by atoms with van der Waals surface area (Å²) in [6.07, 6.45) is 4.16. The molecule has 0 aliphatic carbocycles. The highest BCUT2D eigenvalue weighted by atomic mass is 35.5. The summed E-state index contributed by atoms with van der Waals surface area (Å²) in [6.45, 7) is 5.66. The minimum absolute atomic E-state index is 0.154. The maximum absolute atomic E-state index is 11.9. The normalized spacial score (nSPS) is 16.8. The lowest BCUT2D eigenvalue weighted by Crippen LogP contribution is -2.24. The van der Waals surface area contributed by atoms with Crippen LogP contribution >= 0.6 is 11.6 Å². The summed E-state index contributed by atoms with van der Waals surface area (Å²) in [5, 5.41) is 4.51. The summed E-state index contributed by atoms with van der Waals surface area (Å²) >= 11 is 5.99. The number of para-hydroxylation sites is 1. The molecule has 3 rings (SSSR count). The number of carbonyl (C=O) groups excluding carboxylic acids is 1. The van der Waals surface area contributed by atoms with E-state index < -0.39 is 0 Å². The highest BCUT2D eigenvalue weighted by Gasteiger charge is 2.18. The van der Waals surface area contributed by atoms with Gasteiger partial charge in [-0.1, -0.05) is 23.7 Å². The van der Waals surface area contributed by atoms with Crippen LogP contribution in [0.1, 0.15) is 29.8 Å². The molecule has 7 heteroatoms. The minimum atomic E-state index is -0.348. The summed E-state index contributed by atoms with van der Waals surface area (Å²) in [4.78, 5) is 11.9. The molecule has 6 nitrogen and oxygen atoms in total. The second-order valence-corrected chi connectivity index (χ2v) is 6.99. The molecule has 1 aromatic heterocycles. The quantitative estimate of drug-likeness (QED) is 0.582. The molecule has 1 aliphatic rings. The van der Waals surface area contributed by atoms with Crippen molar-refractivity contribution >= 4 is 23.7 Å². The molecule has 0 spiro atoms. The predicted octanol–water partition coefficient (Wildman–Crippen LogP) is 3.47. The number of halogens is 1. The highest BCUT2D eigenvalue weighted by molar-refractivity contribution is 6.32. The van der Waals surface area contributed by atoms with E-state index in [0.717, 1.165) is 42.9 Å². The van der Waals surface area contributed by atoms with Crippen LogP contribution in [0.2, 0.25) is 5.02 Å². The molecule has 27 heavy (non-hydrogen) atoms. The number of amides is 1. The van der Waals surface area contributed by atoms with E-state index in [1.54, 1.807) is 30.5 Å². The van der Waals surface area contributed by atoms with Crippen LogP contribution in [0.15, 0.2) is 35.4 Å². The van der Waals surface area contributed by atoms with Crippen molar-refractivity contribution in [1.29, 1.82) is 0 Å². The molecule has 1 amide bonds. The monoisotopic (exact) mass is 389 g/mol. The van der Waals surface area contributed by atoms with Crippen LogP contribution in [0.4, 0.5) is 0 Å². The molecule has 1 N–H and O–H groups in total. The Hall–Kier alpha value is -2.31. The molecule has 0 saturated carbocycles. The van der Waals surface area contributed by atoms with Gasteiger partial charge in [-0.3, -0.25) is 4.79 Å². The van der Waals surface area contributed by atoms with Crippen molar-refractivity contribution in [3.63, 3.8) is 0 Å². The van der Waals surface area contributed by atoms with Crippen LogP contribution in [0.5, 0.6) is 5.75 Å². The fraction of sp³-hybridized carbons (Fsp3) is 0.400. The Morgan fingerprint density at radius 1 is 1.44 bits per heavy atom. The van der Waals surface area contributed by atoms with Crippen molar-refractivity contribution in [2.45, 2.75) is 39.3 Å². The van der Waals surface area contributed by atoms with Gasteiger partial charge in [-0.05, 0) is 44.9 Å². The van der Waals surface area contributed by atoms with Gasteiger partial charge in [0.25, 0.3) is 5.91 Å². The zero-order valence-electron chi connectivity index (χ0n) is 15.6. The SMILES string of the molecule is Cc1cc(/C=N\NC(=O)COc2ccccc2Cl)c(C)n1C[C@H]1CCCO1. The van der Waals surface area contributed by atoms with Crippen molar-refractivity contribution in [2.75, 3.05) is 13.2 Å². The molecule has 144 valence electrons. The molecule has 1 aliphatic heterocycles. The lowest BCUT2D eigenvalue weighted by atomic mass is 10.2. The van der Waals surface area contributed by atoms with E-state index in [1.807, 2.05) is 6.92 Å². The Bertz CT molecular complexity index is 826. The summed E-state index contributed by atoms with van der Waals surface area (Å²) < 4.78 is 13.3. The van der Waals surface area contributed by atoms with E-state index in [4.69, 9.17) is 21.1 Å². The summed E-state index contributed by atoms with van der Waals surface area (Å²) in [5.74, 6) is 0.121. The summed E-state index contributed by atoms with van der Waals surface area (Å²) in [7, 11) is 0. The van der Waals surface area contributed by atoms with E-state index in [1.165, 1.54) is 0 Å². The van der Waals surface area contributed by atoms with Gasteiger partial charge in [0.1, 0.15) is 5.75 Å². The zero-order chi connectivity index (χ0) is 19.2. The number of nitrogens with zero attached hydrogens (tertiary/aromatic N) is 2. The number of hydrogen-bond donors (Lipinski definition) is 1. The number of benzene rings is 1. The maximum Gasteiger partial charge on any atom is 0.277 e. The topological polar surface area (TPSA) is 64.8 Å². The lowest BCUT2D eigenvalue weighted by molar-refractivity contribution is -0.123. The number of rotatable bonds is 7. The number of hydrogen-bond acceptors (Lipinski definition) is 4. The van der Waals surface area contributed by atoms with Crippen LogP contribution in [0.25, 0.3) is 0 Å². The van der Waals surface area contributed by atoms with Crippen LogP contribution in [0, 0.1) is 13.8 Å². The number of ether oxygens (including phenoxy) is 2. The van der Waals surface area contributed by atoms with Crippen molar-refractivity contribution in [3.05, 3.63) is 52.3 Å². The Morgan fingerprint density at radius 3 is 3.00 bits per heavy atom.